The lowest BCUT2D eigenvalue weighted by Gasteiger charge is -2.14. The Hall–Kier alpha value is -1.47. The minimum Gasteiger partial charge on any atom is -0.394 e. The Labute approximate surface area is 95.6 Å². The van der Waals surface area contributed by atoms with Crippen molar-refractivity contribution in [3.05, 3.63) is 21.6 Å². The van der Waals surface area contributed by atoms with Gasteiger partial charge in [0.05, 0.1) is 17.1 Å². The maximum atomic E-state index is 10.7. The monoisotopic (exact) mass is 244 g/mol. The van der Waals surface area contributed by atoms with E-state index in [9.17, 15) is 10.1 Å². The Bertz CT molecular complexity index is 435. The van der Waals surface area contributed by atoms with Crippen molar-refractivity contribution in [3.63, 3.8) is 0 Å². The van der Waals surface area contributed by atoms with E-state index in [1.165, 1.54) is 0 Å². The van der Waals surface area contributed by atoms with Gasteiger partial charge in [-0.15, -0.1) is 0 Å². The molecule has 0 unspecified atom stereocenters. The quantitative estimate of drug-likeness (QED) is 0.465. The van der Waals surface area contributed by atoms with Crippen LogP contribution in [0, 0.1) is 10.1 Å². The summed E-state index contributed by atoms with van der Waals surface area (Å²) < 4.78 is 0. The highest BCUT2D eigenvalue weighted by Crippen LogP contribution is 2.39. The summed E-state index contributed by atoms with van der Waals surface area (Å²) >= 11 is 5.57. The number of nitrogens with one attached hydrogen (secondary N) is 1. The van der Waals surface area contributed by atoms with Gasteiger partial charge < -0.3 is 10.4 Å². The molecule has 2 rings (SSSR count). The molecule has 7 nitrogen and oxygen atoms in total. The second kappa shape index (κ2) is 3.84. The Morgan fingerprint density at radius 1 is 1.69 bits per heavy atom. The van der Waals surface area contributed by atoms with Crippen molar-refractivity contribution in [2.24, 2.45) is 0 Å². The number of aliphatic hydroxyl groups excluding tert-OH is 1. The van der Waals surface area contributed by atoms with Gasteiger partial charge in [0.2, 0.25) is 11.1 Å². The Kier molecular flexibility index (Phi) is 2.64. The number of rotatable bonds is 4. The number of nitro groups is 1. The van der Waals surface area contributed by atoms with Crippen molar-refractivity contribution in [1.82, 2.24) is 9.97 Å². The van der Waals surface area contributed by atoms with Gasteiger partial charge in [0, 0.05) is 0 Å². The maximum Gasteiger partial charge on any atom is 0.329 e. The van der Waals surface area contributed by atoms with E-state index in [-0.39, 0.29) is 23.4 Å². The molecular weight excluding hydrogens is 236 g/mol. The van der Waals surface area contributed by atoms with Crippen molar-refractivity contribution in [2.45, 2.75) is 18.4 Å². The third kappa shape index (κ3) is 2.05. The van der Waals surface area contributed by atoms with Crippen LogP contribution in [-0.4, -0.2) is 32.1 Å². The van der Waals surface area contributed by atoms with Crippen LogP contribution in [0.3, 0.4) is 0 Å². The summed E-state index contributed by atoms with van der Waals surface area (Å²) in [6.45, 7) is -0.0915. The van der Waals surface area contributed by atoms with Crippen LogP contribution in [0.25, 0.3) is 0 Å². The second-order valence-electron chi connectivity index (χ2n) is 3.69. The highest BCUT2D eigenvalue weighted by atomic mass is 35.5. The summed E-state index contributed by atoms with van der Waals surface area (Å²) in [6, 6.07) is 0. The zero-order valence-electron chi connectivity index (χ0n) is 8.18. The number of anilines is 1. The molecule has 0 saturated heterocycles. The maximum absolute atomic E-state index is 10.7. The molecule has 1 heterocycles. The first-order chi connectivity index (χ1) is 7.56. The predicted molar refractivity (Wildman–Crippen MR) is 56.4 cm³/mol. The molecule has 1 aromatic heterocycles. The summed E-state index contributed by atoms with van der Waals surface area (Å²) in [6.07, 6.45) is 2.55. The van der Waals surface area contributed by atoms with E-state index in [0.717, 1.165) is 19.0 Å². The molecule has 16 heavy (non-hydrogen) atoms. The van der Waals surface area contributed by atoms with E-state index >= 15 is 0 Å². The lowest BCUT2D eigenvalue weighted by atomic mass is 10.3. The summed E-state index contributed by atoms with van der Waals surface area (Å²) in [4.78, 5) is 17.4. The molecule has 0 amide bonds. The molecule has 8 heteroatoms. The fraction of sp³-hybridized carbons (Fsp3) is 0.500. The number of halogens is 1. The molecule has 1 aliphatic rings. The molecule has 0 bridgehead atoms. The molecule has 0 aromatic carbocycles. The van der Waals surface area contributed by atoms with Crippen LogP contribution in [0.4, 0.5) is 11.5 Å². The van der Waals surface area contributed by atoms with E-state index in [4.69, 9.17) is 16.7 Å². The number of nitrogens with zero attached hydrogens (tertiary/aromatic N) is 3. The lowest BCUT2D eigenvalue weighted by Crippen LogP contribution is -2.26. The van der Waals surface area contributed by atoms with Gasteiger partial charge in [0.1, 0.15) is 6.20 Å². The zero-order chi connectivity index (χ0) is 11.8. The normalized spacial score (nSPS) is 16.9. The smallest absolute Gasteiger partial charge is 0.329 e. The largest absolute Gasteiger partial charge is 0.394 e. The minimum atomic E-state index is -0.591. The molecular formula is C8H9ClN4O3. The van der Waals surface area contributed by atoms with Gasteiger partial charge >= 0.3 is 5.69 Å². The highest BCUT2D eigenvalue weighted by Gasteiger charge is 2.43. The van der Waals surface area contributed by atoms with E-state index in [1.54, 1.807) is 0 Å². The topological polar surface area (TPSA) is 101 Å². The van der Waals surface area contributed by atoms with Gasteiger partial charge in [-0.25, -0.2) is 4.98 Å². The summed E-state index contributed by atoms with van der Waals surface area (Å²) in [5.41, 5.74) is -0.730. The van der Waals surface area contributed by atoms with E-state index < -0.39 is 10.5 Å². The predicted octanol–water partition coefficient (Wildman–Crippen LogP) is 0.975. The van der Waals surface area contributed by atoms with Gasteiger partial charge in [0.25, 0.3) is 0 Å². The molecule has 0 aliphatic heterocycles. The van der Waals surface area contributed by atoms with Gasteiger partial charge in [-0.1, -0.05) is 0 Å². The van der Waals surface area contributed by atoms with Gasteiger partial charge in [-0.2, -0.15) is 4.98 Å². The lowest BCUT2D eigenvalue weighted by molar-refractivity contribution is -0.384. The average molecular weight is 245 g/mol. The van der Waals surface area contributed by atoms with Crippen LogP contribution in [-0.2, 0) is 0 Å². The first-order valence-electron chi connectivity index (χ1n) is 4.62. The van der Waals surface area contributed by atoms with E-state index in [2.05, 4.69) is 15.3 Å². The van der Waals surface area contributed by atoms with Crippen molar-refractivity contribution >= 4 is 23.1 Å². The summed E-state index contributed by atoms with van der Waals surface area (Å²) in [5, 5.41) is 22.6. The van der Waals surface area contributed by atoms with Crippen LogP contribution in [0.2, 0.25) is 5.28 Å². The minimum absolute atomic E-state index is 0.0524. The first-order valence-corrected chi connectivity index (χ1v) is 5.00. The molecule has 0 atom stereocenters. The van der Waals surface area contributed by atoms with Crippen LogP contribution in [0.5, 0.6) is 0 Å². The Morgan fingerprint density at radius 3 is 2.88 bits per heavy atom. The fourth-order valence-corrected chi connectivity index (χ4v) is 1.44. The SMILES string of the molecule is O=[N+]([O-])c1cnc(Cl)nc1NC1(CO)CC1. The third-order valence-electron chi connectivity index (χ3n) is 2.48. The summed E-state index contributed by atoms with van der Waals surface area (Å²) in [7, 11) is 0. The van der Waals surface area contributed by atoms with Gasteiger partial charge in [0.15, 0.2) is 0 Å². The van der Waals surface area contributed by atoms with Gasteiger partial charge in [-0.3, -0.25) is 10.1 Å². The van der Waals surface area contributed by atoms with Crippen molar-refractivity contribution in [2.75, 3.05) is 11.9 Å². The number of hydrogen-bond donors (Lipinski definition) is 2. The van der Waals surface area contributed by atoms with Crippen LogP contribution >= 0.6 is 11.6 Å². The van der Waals surface area contributed by atoms with Crippen LogP contribution in [0.1, 0.15) is 12.8 Å². The fourth-order valence-electron chi connectivity index (χ4n) is 1.30. The zero-order valence-corrected chi connectivity index (χ0v) is 8.94. The van der Waals surface area contributed by atoms with Crippen molar-refractivity contribution in [3.8, 4) is 0 Å². The molecule has 1 aromatic rings. The summed E-state index contributed by atoms with van der Waals surface area (Å²) in [5.74, 6) is 0.0524. The molecule has 0 spiro atoms. The van der Waals surface area contributed by atoms with E-state index in [0.29, 0.717) is 0 Å². The Morgan fingerprint density at radius 2 is 2.38 bits per heavy atom. The van der Waals surface area contributed by atoms with Crippen molar-refractivity contribution in [1.29, 1.82) is 0 Å². The second-order valence-corrected chi connectivity index (χ2v) is 4.03. The Balaban J connectivity index is 2.31. The number of aliphatic hydroxyl groups is 1. The molecule has 1 aliphatic carbocycles. The van der Waals surface area contributed by atoms with Crippen molar-refractivity contribution < 1.29 is 10.0 Å². The third-order valence-corrected chi connectivity index (χ3v) is 2.66. The molecule has 1 saturated carbocycles. The number of aromatic nitrogens is 2. The first kappa shape index (κ1) is 11.0. The highest BCUT2D eigenvalue weighted by molar-refractivity contribution is 6.28. The molecule has 1 fully saturated rings. The van der Waals surface area contributed by atoms with Crippen LogP contribution < -0.4 is 5.32 Å². The van der Waals surface area contributed by atoms with Crippen LogP contribution in [0.15, 0.2) is 6.20 Å². The molecule has 86 valence electrons. The standard InChI is InChI=1S/C8H9ClN4O3/c9-7-10-3-5(13(15)16)6(11-7)12-8(4-14)1-2-8/h3,14H,1-2,4H2,(H,10,11,12). The van der Waals surface area contributed by atoms with Gasteiger partial charge in [-0.05, 0) is 24.4 Å². The average Bonchev–Trinajstić information content (AvgIpc) is 2.98. The van der Waals surface area contributed by atoms with E-state index in [1.807, 2.05) is 0 Å². The molecule has 0 radical (unpaired) electrons. The number of hydrogen-bond acceptors (Lipinski definition) is 6. The molecule has 2 N–H and O–H groups in total.